The van der Waals surface area contributed by atoms with E-state index in [0.29, 0.717) is 10.2 Å². The molecule has 3 nitrogen and oxygen atoms in total. The predicted molar refractivity (Wildman–Crippen MR) is 80.0 cm³/mol. The van der Waals surface area contributed by atoms with Crippen molar-refractivity contribution in [2.45, 2.75) is 25.5 Å². The van der Waals surface area contributed by atoms with E-state index in [0.717, 1.165) is 12.0 Å². The van der Waals surface area contributed by atoms with Crippen LogP contribution < -0.4 is 10.5 Å². The van der Waals surface area contributed by atoms with Gasteiger partial charge in [-0.05, 0) is 58.2 Å². The average molecular weight is 339 g/mol. The Labute approximate surface area is 126 Å². The SMILES string of the molecule is CCC(N)C(Oc1ccc(F)cc1Br)c1ccncc1. The number of benzene rings is 1. The van der Waals surface area contributed by atoms with Gasteiger partial charge in [0, 0.05) is 18.4 Å². The summed E-state index contributed by atoms with van der Waals surface area (Å²) >= 11 is 3.30. The highest BCUT2D eigenvalue weighted by atomic mass is 79.9. The summed E-state index contributed by atoms with van der Waals surface area (Å²) < 4.78 is 19.7. The van der Waals surface area contributed by atoms with Gasteiger partial charge in [-0.3, -0.25) is 4.98 Å². The molecule has 0 bridgehead atoms. The van der Waals surface area contributed by atoms with Gasteiger partial charge in [0.2, 0.25) is 0 Å². The number of pyridine rings is 1. The van der Waals surface area contributed by atoms with Crippen molar-refractivity contribution in [1.82, 2.24) is 4.98 Å². The van der Waals surface area contributed by atoms with E-state index in [1.165, 1.54) is 12.1 Å². The molecule has 5 heteroatoms. The van der Waals surface area contributed by atoms with Gasteiger partial charge in [0.15, 0.2) is 0 Å². The van der Waals surface area contributed by atoms with E-state index in [1.54, 1.807) is 18.5 Å². The second kappa shape index (κ2) is 6.81. The van der Waals surface area contributed by atoms with E-state index in [2.05, 4.69) is 20.9 Å². The maximum absolute atomic E-state index is 13.1. The van der Waals surface area contributed by atoms with Crippen LogP contribution in [0, 0.1) is 5.82 Å². The van der Waals surface area contributed by atoms with Crippen LogP contribution in [0.5, 0.6) is 5.75 Å². The van der Waals surface area contributed by atoms with Crippen LogP contribution in [0.15, 0.2) is 47.2 Å². The van der Waals surface area contributed by atoms with Crippen LogP contribution in [0.2, 0.25) is 0 Å². The van der Waals surface area contributed by atoms with Gasteiger partial charge in [-0.1, -0.05) is 6.92 Å². The zero-order valence-corrected chi connectivity index (χ0v) is 12.7. The molecule has 1 heterocycles. The van der Waals surface area contributed by atoms with E-state index in [4.69, 9.17) is 10.5 Å². The van der Waals surface area contributed by atoms with E-state index in [1.807, 2.05) is 19.1 Å². The molecular weight excluding hydrogens is 323 g/mol. The molecule has 2 atom stereocenters. The lowest BCUT2D eigenvalue weighted by atomic mass is 10.0. The predicted octanol–water partition coefficient (Wildman–Crippen LogP) is 3.84. The normalized spacial score (nSPS) is 13.8. The largest absolute Gasteiger partial charge is 0.483 e. The highest BCUT2D eigenvalue weighted by molar-refractivity contribution is 9.10. The fraction of sp³-hybridized carbons (Fsp3) is 0.267. The molecule has 2 N–H and O–H groups in total. The number of ether oxygens (including phenoxy) is 1. The van der Waals surface area contributed by atoms with Crippen molar-refractivity contribution in [1.29, 1.82) is 0 Å². The van der Waals surface area contributed by atoms with E-state index < -0.39 is 0 Å². The third kappa shape index (κ3) is 3.55. The topological polar surface area (TPSA) is 48.1 Å². The van der Waals surface area contributed by atoms with Crippen LogP contribution in [0.1, 0.15) is 25.0 Å². The second-order valence-electron chi connectivity index (χ2n) is 4.47. The molecule has 1 aromatic carbocycles. The Kier molecular flexibility index (Phi) is 5.09. The maximum Gasteiger partial charge on any atom is 0.139 e. The molecule has 0 fully saturated rings. The summed E-state index contributed by atoms with van der Waals surface area (Å²) in [6.07, 6.45) is 3.87. The van der Waals surface area contributed by atoms with Crippen LogP contribution >= 0.6 is 15.9 Å². The first-order valence-corrected chi connectivity index (χ1v) is 7.18. The number of rotatable bonds is 5. The minimum atomic E-state index is -0.315. The maximum atomic E-state index is 13.1. The number of nitrogens with two attached hydrogens (primary N) is 1. The third-order valence-corrected chi connectivity index (χ3v) is 3.66. The van der Waals surface area contributed by atoms with Gasteiger partial charge in [0.1, 0.15) is 17.7 Å². The average Bonchev–Trinajstić information content (AvgIpc) is 2.46. The summed E-state index contributed by atoms with van der Waals surface area (Å²) in [6.45, 7) is 2.00. The minimum Gasteiger partial charge on any atom is -0.483 e. The zero-order valence-electron chi connectivity index (χ0n) is 11.1. The Morgan fingerprint density at radius 2 is 2.00 bits per heavy atom. The van der Waals surface area contributed by atoms with Crippen molar-refractivity contribution in [2.24, 2.45) is 5.73 Å². The summed E-state index contributed by atoms with van der Waals surface area (Å²) in [4.78, 5) is 3.99. The van der Waals surface area contributed by atoms with Gasteiger partial charge in [0.25, 0.3) is 0 Å². The first-order chi connectivity index (χ1) is 9.61. The van der Waals surface area contributed by atoms with Gasteiger partial charge in [-0.25, -0.2) is 4.39 Å². The van der Waals surface area contributed by atoms with Crippen molar-refractivity contribution in [3.63, 3.8) is 0 Å². The van der Waals surface area contributed by atoms with Crippen LogP contribution in [0.25, 0.3) is 0 Å². The number of hydrogen-bond donors (Lipinski definition) is 1. The lowest BCUT2D eigenvalue weighted by molar-refractivity contribution is 0.169. The molecule has 0 saturated heterocycles. The number of hydrogen-bond acceptors (Lipinski definition) is 3. The number of halogens is 2. The Morgan fingerprint density at radius 1 is 1.30 bits per heavy atom. The lowest BCUT2D eigenvalue weighted by Crippen LogP contribution is -2.31. The van der Waals surface area contributed by atoms with Crippen molar-refractivity contribution in [2.75, 3.05) is 0 Å². The minimum absolute atomic E-state index is 0.158. The fourth-order valence-electron chi connectivity index (χ4n) is 1.88. The highest BCUT2D eigenvalue weighted by Crippen LogP contribution is 2.31. The Bertz CT molecular complexity index is 565. The number of aromatic nitrogens is 1. The van der Waals surface area contributed by atoms with Crippen molar-refractivity contribution >= 4 is 15.9 Å². The molecule has 0 aliphatic heterocycles. The summed E-state index contributed by atoms with van der Waals surface area (Å²) in [6, 6.07) is 7.91. The molecule has 2 rings (SSSR count). The molecule has 20 heavy (non-hydrogen) atoms. The molecular formula is C15H16BrFN2O. The molecule has 106 valence electrons. The monoisotopic (exact) mass is 338 g/mol. The fourth-order valence-corrected chi connectivity index (χ4v) is 2.32. The van der Waals surface area contributed by atoms with Crippen LogP contribution in [-0.2, 0) is 0 Å². The molecule has 0 radical (unpaired) electrons. The molecule has 0 aliphatic rings. The van der Waals surface area contributed by atoms with Gasteiger partial charge in [0.05, 0.1) is 4.47 Å². The summed E-state index contributed by atoms with van der Waals surface area (Å²) in [7, 11) is 0. The van der Waals surface area contributed by atoms with Crippen molar-refractivity contribution in [3.05, 3.63) is 58.6 Å². The molecule has 2 aromatic rings. The molecule has 1 aromatic heterocycles. The first-order valence-electron chi connectivity index (χ1n) is 6.39. The smallest absolute Gasteiger partial charge is 0.139 e. The molecule has 0 spiro atoms. The Morgan fingerprint density at radius 3 is 2.60 bits per heavy atom. The quantitative estimate of drug-likeness (QED) is 0.900. The lowest BCUT2D eigenvalue weighted by Gasteiger charge is -2.25. The summed E-state index contributed by atoms with van der Waals surface area (Å²) in [5, 5.41) is 0. The summed E-state index contributed by atoms with van der Waals surface area (Å²) in [5.74, 6) is 0.251. The van der Waals surface area contributed by atoms with Gasteiger partial charge < -0.3 is 10.5 Å². The second-order valence-corrected chi connectivity index (χ2v) is 5.32. The molecule has 0 aliphatic carbocycles. The molecule has 0 saturated carbocycles. The van der Waals surface area contributed by atoms with Gasteiger partial charge in [-0.2, -0.15) is 0 Å². The van der Waals surface area contributed by atoms with Crippen LogP contribution in [-0.4, -0.2) is 11.0 Å². The third-order valence-electron chi connectivity index (χ3n) is 3.04. The van der Waals surface area contributed by atoms with E-state index in [-0.39, 0.29) is 18.0 Å². The Balaban J connectivity index is 2.29. The standard InChI is InChI=1S/C15H16BrFN2O/c1-2-13(18)15(10-5-7-19-8-6-10)20-14-4-3-11(17)9-12(14)16/h3-9,13,15H,2,18H2,1H3. The molecule has 2 unspecified atom stereocenters. The highest BCUT2D eigenvalue weighted by Gasteiger charge is 2.21. The zero-order chi connectivity index (χ0) is 14.5. The van der Waals surface area contributed by atoms with Gasteiger partial charge in [-0.15, -0.1) is 0 Å². The summed E-state index contributed by atoms with van der Waals surface area (Å²) in [5.41, 5.74) is 7.09. The number of nitrogens with zero attached hydrogens (tertiary/aromatic N) is 1. The van der Waals surface area contributed by atoms with E-state index in [9.17, 15) is 4.39 Å². The van der Waals surface area contributed by atoms with Crippen molar-refractivity contribution < 1.29 is 9.13 Å². The van der Waals surface area contributed by atoms with Gasteiger partial charge >= 0.3 is 0 Å². The van der Waals surface area contributed by atoms with Crippen molar-refractivity contribution in [3.8, 4) is 5.75 Å². The van der Waals surface area contributed by atoms with E-state index >= 15 is 0 Å². The first kappa shape index (κ1) is 14.9. The van der Waals surface area contributed by atoms with Crippen LogP contribution in [0.3, 0.4) is 0 Å². The van der Waals surface area contributed by atoms with Crippen LogP contribution in [0.4, 0.5) is 4.39 Å². The Hall–Kier alpha value is -1.46. The molecule has 0 amide bonds.